The number of pyridine rings is 1. The zero-order valence-electron chi connectivity index (χ0n) is 9.60. The molecule has 1 aromatic rings. The van der Waals surface area contributed by atoms with Crippen LogP contribution in [0.1, 0.15) is 5.56 Å². The molecule has 96 valence electrons. The Labute approximate surface area is 109 Å². The van der Waals surface area contributed by atoms with Gasteiger partial charge < -0.3 is 9.64 Å². The van der Waals surface area contributed by atoms with Crippen LogP contribution in [0, 0.1) is 0 Å². The number of alkyl halides is 1. The SMILES string of the molecule is O=C1OCC=C1N(CCF)Cc1ccc(Cl)nc1. The second-order valence-corrected chi connectivity index (χ2v) is 4.17. The van der Waals surface area contributed by atoms with Gasteiger partial charge in [-0.25, -0.2) is 14.2 Å². The summed E-state index contributed by atoms with van der Waals surface area (Å²) >= 11 is 5.69. The van der Waals surface area contributed by atoms with Gasteiger partial charge in [-0.1, -0.05) is 17.7 Å². The Kier molecular flexibility index (Phi) is 4.15. The van der Waals surface area contributed by atoms with Crippen molar-refractivity contribution in [3.63, 3.8) is 0 Å². The summed E-state index contributed by atoms with van der Waals surface area (Å²) in [4.78, 5) is 17.0. The van der Waals surface area contributed by atoms with E-state index in [4.69, 9.17) is 16.3 Å². The molecule has 4 nitrogen and oxygen atoms in total. The normalized spacial score (nSPS) is 14.3. The molecule has 0 aromatic carbocycles. The predicted octanol–water partition coefficient (Wildman–Crippen LogP) is 1.95. The van der Waals surface area contributed by atoms with E-state index in [1.54, 1.807) is 29.3 Å². The summed E-state index contributed by atoms with van der Waals surface area (Å²) in [6.07, 6.45) is 3.26. The van der Waals surface area contributed by atoms with Crippen molar-refractivity contribution in [2.24, 2.45) is 0 Å². The maximum absolute atomic E-state index is 12.5. The molecule has 6 heteroatoms. The topological polar surface area (TPSA) is 42.4 Å². The number of cyclic esters (lactones) is 1. The third-order valence-corrected chi connectivity index (χ3v) is 2.78. The second-order valence-electron chi connectivity index (χ2n) is 3.79. The molecule has 0 radical (unpaired) electrons. The van der Waals surface area contributed by atoms with Crippen LogP contribution in [-0.2, 0) is 16.1 Å². The lowest BCUT2D eigenvalue weighted by atomic mass is 10.2. The summed E-state index contributed by atoms with van der Waals surface area (Å²) < 4.78 is 17.4. The zero-order valence-corrected chi connectivity index (χ0v) is 10.4. The summed E-state index contributed by atoms with van der Waals surface area (Å²) in [5, 5.41) is 0.398. The Morgan fingerprint density at radius 2 is 2.33 bits per heavy atom. The number of halogens is 2. The van der Waals surface area contributed by atoms with Crippen molar-refractivity contribution in [2.75, 3.05) is 19.8 Å². The fraction of sp³-hybridized carbons (Fsp3) is 0.333. The Balaban J connectivity index is 2.11. The van der Waals surface area contributed by atoms with Crippen LogP contribution in [0.25, 0.3) is 0 Å². The second kappa shape index (κ2) is 5.82. The number of esters is 1. The fourth-order valence-corrected chi connectivity index (χ4v) is 1.83. The van der Waals surface area contributed by atoms with Crippen LogP contribution in [0.2, 0.25) is 5.15 Å². The maximum Gasteiger partial charge on any atom is 0.354 e. The van der Waals surface area contributed by atoms with Crippen molar-refractivity contribution < 1.29 is 13.9 Å². The van der Waals surface area contributed by atoms with Gasteiger partial charge in [0.05, 0.1) is 0 Å². The first-order chi connectivity index (χ1) is 8.70. The molecule has 1 aromatic heterocycles. The van der Waals surface area contributed by atoms with E-state index in [1.807, 2.05) is 0 Å². The molecule has 0 aliphatic carbocycles. The highest BCUT2D eigenvalue weighted by atomic mass is 35.5. The van der Waals surface area contributed by atoms with Crippen molar-refractivity contribution >= 4 is 17.6 Å². The van der Waals surface area contributed by atoms with Crippen LogP contribution in [0.3, 0.4) is 0 Å². The number of nitrogens with zero attached hydrogens (tertiary/aromatic N) is 2. The zero-order chi connectivity index (χ0) is 13.0. The monoisotopic (exact) mass is 270 g/mol. The molecular weight excluding hydrogens is 259 g/mol. The molecule has 18 heavy (non-hydrogen) atoms. The molecule has 0 atom stereocenters. The molecule has 0 saturated carbocycles. The molecule has 0 spiro atoms. The fourth-order valence-electron chi connectivity index (χ4n) is 1.72. The molecule has 0 unspecified atom stereocenters. The lowest BCUT2D eigenvalue weighted by Gasteiger charge is -2.22. The molecule has 0 amide bonds. The lowest BCUT2D eigenvalue weighted by Crippen LogP contribution is -2.28. The number of carbonyl (C=O) groups excluding carboxylic acids is 1. The molecular formula is C12H12ClFN2O2. The number of ether oxygens (including phenoxy) is 1. The molecule has 2 rings (SSSR count). The third-order valence-electron chi connectivity index (χ3n) is 2.56. The minimum Gasteiger partial charge on any atom is -0.457 e. The first kappa shape index (κ1) is 12.8. The van der Waals surface area contributed by atoms with Gasteiger partial charge in [0.1, 0.15) is 24.1 Å². The highest BCUT2D eigenvalue weighted by molar-refractivity contribution is 6.29. The minimum atomic E-state index is -0.536. The minimum absolute atomic E-state index is 0.142. The van der Waals surface area contributed by atoms with Crippen LogP contribution in [0.15, 0.2) is 30.1 Å². The van der Waals surface area contributed by atoms with Gasteiger partial charge in [-0.3, -0.25) is 0 Å². The quantitative estimate of drug-likeness (QED) is 0.606. The van der Waals surface area contributed by atoms with Crippen LogP contribution in [-0.4, -0.2) is 35.7 Å². The lowest BCUT2D eigenvalue weighted by molar-refractivity contribution is -0.137. The largest absolute Gasteiger partial charge is 0.457 e. The van der Waals surface area contributed by atoms with Gasteiger partial charge in [0.25, 0.3) is 0 Å². The number of carbonyl (C=O) groups is 1. The van der Waals surface area contributed by atoms with E-state index in [-0.39, 0.29) is 13.2 Å². The van der Waals surface area contributed by atoms with E-state index in [0.29, 0.717) is 17.4 Å². The average Bonchev–Trinajstić information content (AvgIpc) is 2.78. The summed E-state index contributed by atoms with van der Waals surface area (Å²) in [5.74, 6) is -0.412. The Morgan fingerprint density at radius 1 is 1.50 bits per heavy atom. The first-order valence-corrected chi connectivity index (χ1v) is 5.87. The number of hydrogen-bond donors (Lipinski definition) is 0. The Morgan fingerprint density at radius 3 is 2.89 bits per heavy atom. The molecule has 1 aliphatic heterocycles. The van der Waals surface area contributed by atoms with Crippen molar-refractivity contribution in [2.45, 2.75) is 6.54 Å². The van der Waals surface area contributed by atoms with Gasteiger partial charge in [0.15, 0.2) is 0 Å². The number of aromatic nitrogens is 1. The summed E-state index contributed by atoms with van der Waals surface area (Å²) in [6.45, 7) is 0.250. The molecule has 0 fully saturated rings. The van der Waals surface area contributed by atoms with E-state index < -0.39 is 12.6 Å². The molecule has 0 N–H and O–H groups in total. The van der Waals surface area contributed by atoms with Crippen LogP contribution in [0.4, 0.5) is 4.39 Å². The van der Waals surface area contributed by atoms with E-state index in [2.05, 4.69) is 4.98 Å². The number of hydrogen-bond acceptors (Lipinski definition) is 4. The Bertz CT molecular complexity index is 462. The van der Waals surface area contributed by atoms with Gasteiger partial charge in [-0.15, -0.1) is 0 Å². The first-order valence-electron chi connectivity index (χ1n) is 5.49. The third kappa shape index (κ3) is 2.98. The van der Waals surface area contributed by atoms with Crippen molar-refractivity contribution in [3.8, 4) is 0 Å². The standard InChI is InChI=1S/C12H12ClFN2O2/c13-11-2-1-9(7-15-11)8-16(5-4-14)10-3-6-18-12(10)17/h1-3,7H,4-6,8H2. The van der Waals surface area contributed by atoms with E-state index in [9.17, 15) is 9.18 Å². The van der Waals surface area contributed by atoms with Crippen molar-refractivity contribution in [1.82, 2.24) is 9.88 Å². The van der Waals surface area contributed by atoms with E-state index in [1.165, 1.54) is 0 Å². The molecule has 0 bridgehead atoms. The molecule has 2 heterocycles. The van der Waals surface area contributed by atoms with Gasteiger partial charge in [0.2, 0.25) is 0 Å². The van der Waals surface area contributed by atoms with Crippen molar-refractivity contribution in [1.29, 1.82) is 0 Å². The van der Waals surface area contributed by atoms with Crippen molar-refractivity contribution in [3.05, 3.63) is 40.8 Å². The van der Waals surface area contributed by atoms with Crippen LogP contribution in [0.5, 0.6) is 0 Å². The van der Waals surface area contributed by atoms with E-state index >= 15 is 0 Å². The molecule has 1 aliphatic rings. The predicted molar refractivity (Wildman–Crippen MR) is 64.7 cm³/mol. The highest BCUT2D eigenvalue weighted by Gasteiger charge is 2.23. The number of rotatable bonds is 5. The average molecular weight is 271 g/mol. The highest BCUT2D eigenvalue weighted by Crippen LogP contribution is 2.16. The maximum atomic E-state index is 12.5. The van der Waals surface area contributed by atoms with E-state index in [0.717, 1.165) is 5.56 Å². The summed E-state index contributed by atoms with van der Waals surface area (Å²) in [5.41, 5.74) is 1.26. The van der Waals surface area contributed by atoms with Gasteiger partial charge in [0, 0.05) is 19.3 Å². The smallest absolute Gasteiger partial charge is 0.354 e. The van der Waals surface area contributed by atoms with Crippen LogP contribution < -0.4 is 0 Å². The Hall–Kier alpha value is -1.62. The van der Waals surface area contributed by atoms with Gasteiger partial charge in [-0.05, 0) is 17.7 Å². The van der Waals surface area contributed by atoms with Gasteiger partial charge >= 0.3 is 5.97 Å². The van der Waals surface area contributed by atoms with Gasteiger partial charge in [-0.2, -0.15) is 0 Å². The molecule has 0 saturated heterocycles. The summed E-state index contributed by atoms with van der Waals surface area (Å²) in [7, 11) is 0. The van der Waals surface area contributed by atoms with Crippen LogP contribution >= 0.6 is 11.6 Å². The summed E-state index contributed by atoms with van der Waals surface area (Å²) in [6, 6.07) is 3.45.